The lowest BCUT2D eigenvalue weighted by atomic mass is 9.77. The largest absolute Gasteiger partial charge is 0.324 e. The zero-order chi connectivity index (χ0) is 9.14. The fourth-order valence-corrected chi connectivity index (χ4v) is 1.87. The van der Waals surface area contributed by atoms with Gasteiger partial charge in [-0.25, -0.2) is 0 Å². The van der Waals surface area contributed by atoms with E-state index < -0.39 is 0 Å². The van der Waals surface area contributed by atoms with E-state index in [1.165, 1.54) is 0 Å². The number of nitrogens with two attached hydrogens (primary N) is 1. The molecule has 3 unspecified atom stereocenters. The molecule has 0 saturated heterocycles. The van der Waals surface area contributed by atoms with Gasteiger partial charge in [-0.2, -0.15) is 0 Å². The molecular weight excluding hydrogens is 150 g/mol. The third-order valence-corrected chi connectivity index (χ3v) is 2.93. The summed E-state index contributed by atoms with van der Waals surface area (Å²) in [5.41, 5.74) is 6.76. The molecule has 3 atom stereocenters. The van der Waals surface area contributed by atoms with Gasteiger partial charge < -0.3 is 5.73 Å². The maximum absolute atomic E-state index is 10.5. The Morgan fingerprint density at radius 3 is 2.92 bits per heavy atom. The van der Waals surface area contributed by atoms with Gasteiger partial charge in [0.05, 0.1) is 0 Å². The van der Waals surface area contributed by atoms with E-state index in [0.29, 0.717) is 11.8 Å². The van der Waals surface area contributed by atoms with Crippen LogP contribution in [0.15, 0.2) is 11.6 Å². The van der Waals surface area contributed by atoms with Crippen LogP contribution in [-0.2, 0) is 4.79 Å². The van der Waals surface area contributed by atoms with Gasteiger partial charge in [-0.05, 0) is 23.8 Å². The first-order chi connectivity index (χ1) is 5.69. The molecule has 0 aromatic carbocycles. The zero-order valence-electron chi connectivity index (χ0n) is 7.79. The Hall–Kier alpha value is -0.630. The monoisotopic (exact) mass is 167 g/mol. The van der Waals surface area contributed by atoms with Crippen LogP contribution in [0.2, 0.25) is 0 Å². The summed E-state index contributed by atoms with van der Waals surface area (Å²) in [6.07, 6.45) is 4.87. The van der Waals surface area contributed by atoms with Crippen LogP contribution in [-0.4, -0.2) is 12.3 Å². The first-order valence-corrected chi connectivity index (χ1v) is 4.60. The van der Waals surface area contributed by atoms with E-state index in [2.05, 4.69) is 13.8 Å². The zero-order valence-corrected chi connectivity index (χ0v) is 7.79. The van der Waals surface area contributed by atoms with Crippen molar-refractivity contribution in [2.45, 2.75) is 32.7 Å². The number of hydrogen-bond acceptors (Lipinski definition) is 2. The first kappa shape index (κ1) is 9.46. The summed E-state index contributed by atoms with van der Waals surface area (Å²) in [5.74, 6) is 1.10. The molecule has 0 bridgehead atoms. The Morgan fingerprint density at radius 1 is 1.75 bits per heavy atom. The van der Waals surface area contributed by atoms with Crippen molar-refractivity contribution in [3.63, 3.8) is 0 Å². The van der Waals surface area contributed by atoms with Crippen LogP contribution in [0.25, 0.3) is 0 Å². The van der Waals surface area contributed by atoms with Gasteiger partial charge in [-0.15, -0.1) is 0 Å². The van der Waals surface area contributed by atoms with Crippen molar-refractivity contribution >= 4 is 6.29 Å². The fraction of sp³-hybridized carbons (Fsp3) is 0.700. The highest BCUT2D eigenvalue weighted by Gasteiger charge is 2.25. The highest BCUT2D eigenvalue weighted by atomic mass is 16.1. The molecule has 0 radical (unpaired) electrons. The summed E-state index contributed by atoms with van der Waals surface area (Å²) in [6, 6.07) is 0.0731. The second kappa shape index (κ2) is 3.85. The van der Waals surface area contributed by atoms with Gasteiger partial charge in [0.2, 0.25) is 0 Å². The molecule has 0 spiro atoms. The lowest BCUT2D eigenvalue weighted by Gasteiger charge is -2.31. The highest BCUT2D eigenvalue weighted by Crippen LogP contribution is 2.29. The Morgan fingerprint density at radius 2 is 2.42 bits per heavy atom. The Bertz CT molecular complexity index is 198. The molecule has 0 aromatic rings. The van der Waals surface area contributed by atoms with E-state index in [1.54, 1.807) is 0 Å². The van der Waals surface area contributed by atoms with E-state index in [-0.39, 0.29) is 6.04 Å². The van der Waals surface area contributed by atoms with Gasteiger partial charge >= 0.3 is 0 Å². The highest BCUT2D eigenvalue weighted by molar-refractivity contribution is 5.73. The molecular formula is C10H17NO. The van der Waals surface area contributed by atoms with Crippen molar-refractivity contribution in [1.82, 2.24) is 0 Å². The first-order valence-electron chi connectivity index (χ1n) is 4.60. The molecule has 2 heteroatoms. The number of hydrogen-bond donors (Lipinski definition) is 1. The summed E-state index contributed by atoms with van der Waals surface area (Å²) in [4.78, 5) is 10.5. The summed E-state index contributed by atoms with van der Waals surface area (Å²) < 4.78 is 0. The van der Waals surface area contributed by atoms with E-state index in [0.717, 1.165) is 24.7 Å². The Labute approximate surface area is 73.8 Å². The third kappa shape index (κ3) is 1.75. The molecule has 0 aromatic heterocycles. The number of aldehydes is 1. The number of carbonyl (C=O) groups excluding carboxylic acids is 1. The Kier molecular flexibility index (Phi) is 3.04. The average Bonchev–Trinajstić information content (AvgIpc) is 2.09. The Balaban J connectivity index is 2.75. The minimum absolute atomic E-state index is 0.0731. The van der Waals surface area contributed by atoms with E-state index in [4.69, 9.17) is 5.73 Å². The molecule has 1 rings (SSSR count). The van der Waals surface area contributed by atoms with E-state index >= 15 is 0 Å². The predicted octanol–water partition coefficient (Wildman–Crippen LogP) is 1.51. The standard InChI is InChI=1S/C10H17NO/c1-3-9-4-8(6-12)5-10(11)7(9)2/h5-7,9-10H,3-4,11H2,1-2H3. The maximum atomic E-state index is 10.5. The SMILES string of the molecule is CCC1CC(C=O)=CC(N)C1C. The molecule has 1 aliphatic rings. The van der Waals surface area contributed by atoms with Gasteiger partial charge in [-0.1, -0.05) is 26.3 Å². The minimum atomic E-state index is 0.0731. The lowest BCUT2D eigenvalue weighted by Crippen LogP contribution is -2.35. The van der Waals surface area contributed by atoms with Crippen LogP contribution in [0.3, 0.4) is 0 Å². The number of rotatable bonds is 2. The number of carbonyl (C=O) groups is 1. The van der Waals surface area contributed by atoms with Gasteiger partial charge in [0.15, 0.2) is 0 Å². The summed E-state index contributed by atoms with van der Waals surface area (Å²) >= 11 is 0. The van der Waals surface area contributed by atoms with Crippen molar-refractivity contribution < 1.29 is 4.79 Å². The average molecular weight is 167 g/mol. The molecule has 1 aliphatic carbocycles. The lowest BCUT2D eigenvalue weighted by molar-refractivity contribution is -0.105. The van der Waals surface area contributed by atoms with Gasteiger partial charge in [0, 0.05) is 6.04 Å². The molecule has 2 N–H and O–H groups in total. The molecule has 0 amide bonds. The van der Waals surface area contributed by atoms with Crippen LogP contribution < -0.4 is 5.73 Å². The smallest absolute Gasteiger partial charge is 0.145 e. The van der Waals surface area contributed by atoms with Crippen LogP contribution in [0.4, 0.5) is 0 Å². The van der Waals surface area contributed by atoms with Crippen molar-refractivity contribution in [2.24, 2.45) is 17.6 Å². The second-order valence-electron chi connectivity index (χ2n) is 3.67. The fourth-order valence-electron chi connectivity index (χ4n) is 1.87. The van der Waals surface area contributed by atoms with Gasteiger partial charge in [0.25, 0.3) is 0 Å². The van der Waals surface area contributed by atoms with E-state index in [1.807, 2.05) is 6.08 Å². The van der Waals surface area contributed by atoms with Crippen LogP contribution in [0, 0.1) is 11.8 Å². The molecule has 68 valence electrons. The molecule has 0 heterocycles. The van der Waals surface area contributed by atoms with Crippen LogP contribution in [0.5, 0.6) is 0 Å². The summed E-state index contributed by atoms with van der Waals surface area (Å²) in [5, 5.41) is 0. The van der Waals surface area contributed by atoms with Crippen LogP contribution in [0.1, 0.15) is 26.7 Å². The summed E-state index contributed by atoms with van der Waals surface area (Å²) in [7, 11) is 0. The normalized spacial score (nSPS) is 35.9. The van der Waals surface area contributed by atoms with E-state index in [9.17, 15) is 4.79 Å². The molecule has 0 saturated carbocycles. The van der Waals surface area contributed by atoms with Gasteiger partial charge in [-0.3, -0.25) is 4.79 Å². The van der Waals surface area contributed by atoms with Crippen LogP contribution >= 0.6 is 0 Å². The maximum Gasteiger partial charge on any atom is 0.145 e. The second-order valence-corrected chi connectivity index (χ2v) is 3.67. The minimum Gasteiger partial charge on any atom is -0.324 e. The van der Waals surface area contributed by atoms with Crippen molar-refractivity contribution in [1.29, 1.82) is 0 Å². The molecule has 12 heavy (non-hydrogen) atoms. The number of allylic oxidation sites excluding steroid dienone is 1. The summed E-state index contributed by atoms with van der Waals surface area (Å²) in [6.45, 7) is 4.32. The third-order valence-electron chi connectivity index (χ3n) is 2.93. The molecule has 0 fully saturated rings. The molecule has 0 aliphatic heterocycles. The van der Waals surface area contributed by atoms with Crippen molar-refractivity contribution in [2.75, 3.05) is 0 Å². The van der Waals surface area contributed by atoms with Crippen molar-refractivity contribution in [3.8, 4) is 0 Å². The van der Waals surface area contributed by atoms with Crippen molar-refractivity contribution in [3.05, 3.63) is 11.6 Å². The predicted molar refractivity (Wildman–Crippen MR) is 49.7 cm³/mol. The topological polar surface area (TPSA) is 43.1 Å². The molecule has 2 nitrogen and oxygen atoms in total. The quantitative estimate of drug-likeness (QED) is 0.633. The van der Waals surface area contributed by atoms with Gasteiger partial charge in [0.1, 0.15) is 6.29 Å².